The molecule has 0 aliphatic heterocycles. The Balaban J connectivity index is 1.59. The third kappa shape index (κ3) is 7.21. The van der Waals surface area contributed by atoms with Crippen molar-refractivity contribution in [1.82, 2.24) is 0 Å². The average Bonchev–Trinajstić information content (AvgIpc) is 2.58. The molecule has 140 valence electrons. The van der Waals surface area contributed by atoms with Crippen LogP contribution in [-0.4, -0.2) is 16.0 Å². The quantitative estimate of drug-likeness (QED) is 0.235. The molecule has 0 spiro atoms. The van der Waals surface area contributed by atoms with Gasteiger partial charge >= 0.3 is 5.97 Å². The summed E-state index contributed by atoms with van der Waals surface area (Å²) in [5, 5.41) is 0. The summed E-state index contributed by atoms with van der Waals surface area (Å²) >= 11 is 2.61. The molecule has 0 aromatic rings. The number of carbonyl (C=O) groups is 1. The van der Waals surface area contributed by atoms with Crippen LogP contribution in [0.2, 0.25) is 0 Å². The number of alkyl halides is 1. The zero-order valence-electron chi connectivity index (χ0n) is 15.8. The lowest BCUT2D eigenvalue weighted by Crippen LogP contribution is -2.29. The van der Waals surface area contributed by atoms with Crippen LogP contribution < -0.4 is 0 Å². The van der Waals surface area contributed by atoms with Crippen LogP contribution in [0.25, 0.3) is 0 Å². The minimum absolute atomic E-state index is 0.114. The van der Waals surface area contributed by atoms with Crippen molar-refractivity contribution in [1.29, 1.82) is 0 Å². The van der Waals surface area contributed by atoms with Gasteiger partial charge in [-0.15, -0.1) is 0 Å². The average molecular weight is 448 g/mol. The first-order valence-corrected chi connectivity index (χ1v) is 11.7. The molecule has 1 atom stereocenters. The van der Waals surface area contributed by atoms with E-state index in [0.717, 1.165) is 41.4 Å². The first-order chi connectivity index (χ1) is 11.6. The molecule has 2 fully saturated rings. The number of halogens is 1. The number of hydrogen-bond donors (Lipinski definition) is 0. The van der Waals surface area contributed by atoms with Gasteiger partial charge in [0.1, 0.15) is 6.10 Å². The summed E-state index contributed by atoms with van der Waals surface area (Å²) in [6, 6.07) is 0. The molecule has 2 nitrogen and oxygen atoms in total. The molecule has 0 radical (unpaired) electrons. The lowest BCUT2D eigenvalue weighted by molar-refractivity contribution is -0.157. The normalized spacial score (nSPS) is 32.3. The van der Waals surface area contributed by atoms with E-state index in [2.05, 4.69) is 36.4 Å². The van der Waals surface area contributed by atoms with E-state index in [1.54, 1.807) is 0 Å². The van der Waals surface area contributed by atoms with Crippen LogP contribution in [0.1, 0.15) is 97.3 Å². The second kappa shape index (κ2) is 11.0. The van der Waals surface area contributed by atoms with Crippen molar-refractivity contribution in [2.24, 2.45) is 17.8 Å². The first-order valence-electron chi connectivity index (χ1n) is 10.4. The largest absolute Gasteiger partial charge is 0.462 e. The van der Waals surface area contributed by atoms with Crippen molar-refractivity contribution in [3.05, 3.63) is 0 Å². The summed E-state index contributed by atoms with van der Waals surface area (Å²) in [5.41, 5.74) is 0. The Morgan fingerprint density at radius 3 is 2.33 bits per heavy atom. The predicted octanol–water partition coefficient (Wildman–Crippen LogP) is 6.69. The zero-order valence-corrected chi connectivity index (χ0v) is 17.9. The highest BCUT2D eigenvalue weighted by atomic mass is 127. The van der Waals surface area contributed by atoms with Crippen LogP contribution in [0, 0.1) is 17.8 Å². The summed E-state index contributed by atoms with van der Waals surface area (Å²) in [6.07, 6.45) is 16.2. The molecule has 0 bridgehead atoms. The summed E-state index contributed by atoms with van der Waals surface area (Å²) in [7, 11) is 0. The molecule has 24 heavy (non-hydrogen) atoms. The fraction of sp³-hybridized carbons (Fsp3) is 0.952. The third-order valence-corrected chi connectivity index (χ3v) is 7.40. The molecule has 2 saturated carbocycles. The third-order valence-electron chi connectivity index (χ3n) is 6.16. The fourth-order valence-electron chi connectivity index (χ4n) is 4.38. The van der Waals surface area contributed by atoms with Gasteiger partial charge in [-0.25, -0.2) is 0 Å². The second-order valence-electron chi connectivity index (χ2n) is 8.35. The van der Waals surface area contributed by atoms with Gasteiger partial charge in [0.25, 0.3) is 0 Å². The number of hydrogen-bond acceptors (Lipinski definition) is 2. The second-order valence-corrected chi connectivity index (χ2v) is 10.1. The molecule has 2 rings (SSSR count). The van der Waals surface area contributed by atoms with Crippen molar-refractivity contribution >= 4 is 28.6 Å². The summed E-state index contributed by atoms with van der Waals surface area (Å²) < 4.78 is 6.67. The Bertz CT molecular complexity index is 355. The standard InChI is InChI=1S/C21H37IO2/c1-3-5-19(22)7-4-6-17-10-12-18(13-11-17)21(23)24-20-14-8-16(2)9-15-20/h16-20H,3-15H2,1-2H3. The lowest BCUT2D eigenvalue weighted by atomic mass is 9.79. The van der Waals surface area contributed by atoms with Gasteiger partial charge in [-0.05, 0) is 76.0 Å². The van der Waals surface area contributed by atoms with Crippen LogP contribution in [0.4, 0.5) is 0 Å². The molecule has 0 N–H and O–H groups in total. The summed E-state index contributed by atoms with van der Waals surface area (Å²) in [6.45, 7) is 4.59. The van der Waals surface area contributed by atoms with Crippen molar-refractivity contribution < 1.29 is 9.53 Å². The van der Waals surface area contributed by atoms with E-state index in [-0.39, 0.29) is 18.0 Å². The maximum atomic E-state index is 12.4. The number of carbonyl (C=O) groups excluding carboxylic acids is 1. The fourth-order valence-corrected chi connectivity index (χ4v) is 5.44. The van der Waals surface area contributed by atoms with E-state index in [9.17, 15) is 4.79 Å². The lowest BCUT2D eigenvalue weighted by Gasteiger charge is -2.31. The molecule has 1 unspecified atom stereocenters. The Morgan fingerprint density at radius 1 is 1.04 bits per heavy atom. The van der Waals surface area contributed by atoms with E-state index in [1.165, 1.54) is 57.8 Å². The maximum absolute atomic E-state index is 12.4. The van der Waals surface area contributed by atoms with Crippen molar-refractivity contribution in [3.8, 4) is 0 Å². The van der Waals surface area contributed by atoms with Gasteiger partial charge in [0, 0.05) is 3.92 Å². The molecule has 2 aliphatic rings. The molecule has 0 saturated heterocycles. The summed E-state index contributed by atoms with van der Waals surface area (Å²) in [5.74, 6) is 1.98. The molecule has 2 aliphatic carbocycles. The van der Waals surface area contributed by atoms with Crippen LogP contribution in [0.15, 0.2) is 0 Å². The molecular formula is C21H37IO2. The Morgan fingerprint density at radius 2 is 1.71 bits per heavy atom. The summed E-state index contributed by atoms with van der Waals surface area (Å²) in [4.78, 5) is 12.4. The molecule has 0 aromatic carbocycles. The van der Waals surface area contributed by atoms with Gasteiger partial charge in [-0.3, -0.25) is 4.79 Å². The van der Waals surface area contributed by atoms with Gasteiger partial charge in [-0.1, -0.05) is 55.7 Å². The number of ether oxygens (including phenoxy) is 1. The Hall–Kier alpha value is 0.200. The molecule has 0 amide bonds. The van der Waals surface area contributed by atoms with E-state index in [0.29, 0.717) is 0 Å². The van der Waals surface area contributed by atoms with Crippen LogP contribution in [0.3, 0.4) is 0 Å². The van der Waals surface area contributed by atoms with E-state index < -0.39 is 0 Å². The van der Waals surface area contributed by atoms with Gasteiger partial charge < -0.3 is 4.74 Å². The van der Waals surface area contributed by atoms with Crippen molar-refractivity contribution in [2.75, 3.05) is 0 Å². The van der Waals surface area contributed by atoms with Crippen molar-refractivity contribution in [3.63, 3.8) is 0 Å². The van der Waals surface area contributed by atoms with Gasteiger partial charge in [-0.2, -0.15) is 0 Å². The molecular weight excluding hydrogens is 411 g/mol. The van der Waals surface area contributed by atoms with Crippen LogP contribution >= 0.6 is 22.6 Å². The number of rotatable bonds is 8. The van der Waals surface area contributed by atoms with E-state index in [1.807, 2.05) is 0 Å². The predicted molar refractivity (Wildman–Crippen MR) is 110 cm³/mol. The van der Waals surface area contributed by atoms with Gasteiger partial charge in [0.15, 0.2) is 0 Å². The topological polar surface area (TPSA) is 26.3 Å². The monoisotopic (exact) mass is 448 g/mol. The Labute approximate surface area is 163 Å². The smallest absolute Gasteiger partial charge is 0.309 e. The highest BCUT2D eigenvalue weighted by Crippen LogP contribution is 2.34. The van der Waals surface area contributed by atoms with E-state index >= 15 is 0 Å². The van der Waals surface area contributed by atoms with Crippen LogP contribution in [0.5, 0.6) is 0 Å². The van der Waals surface area contributed by atoms with E-state index in [4.69, 9.17) is 4.74 Å². The number of esters is 1. The highest BCUT2D eigenvalue weighted by Gasteiger charge is 2.30. The highest BCUT2D eigenvalue weighted by molar-refractivity contribution is 14.1. The van der Waals surface area contributed by atoms with Crippen molar-refractivity contribution in [2.45, 2.75) is 107 Å². The van der Waals surface area contributed by atoms with Gasteiger partial charge in [0.05, 0.1) is 5.92 Å². The molecule has 0 aromatic heterocycles. The zero-order chi connectivity index (χ0) is 17.4. The Kier molecular flexibility index (Phi) is 9.42. The van der Waals surface area contributed by atoms with Crippen LogP contribution in [-0.2, 0) is 9.53 Å². The minimum Gasteiger partial charge on any atom is -0.462 e. The SMILES string of the molecule is CCCC(I)CCCC1CCC(C(=O)OC2CCC(C)CC2)CC1. The molecule has 0 heterocycles. The minimum atomic E-state index is 0.114. The maximum Gasteiger partial charge on any atom is 0.309 e. The molecule has 3 heteroatoms. The van der Waals surface area contributed by atoms with Gasteiger partial charge in [0.2, 0.25) is 0 Å². The first kappa shape index (κ1) is 20.5.